The Morgan fingerprint density at radius 1 is 0.259 bits per heavy atom. The van der Waals surface area contributed by atoms with Gasteiger partial charge in [-0.05, 0) is 25.9 Å². The van der Waals surface area contributed by atoms with Gasteiger partial charge < -0.3 is 35.5 Å². The summed E-state index contributed by atoms with van der Waals surface area (Å²) in [7, 11) is -2.17. The van der Waals surface area contributed by atoms with Gasteiger partial charge in [0.05, 0.1) is 26.4 Å². The van der Waals surface area contributed by atoms with Crippen LogP contribution in [0.15, 0.2) is 0 Å². The maximum Gasteiger partial charge on any atom is 0.631 e. The van der Waals surface area contributed by atoms with E-state index in [0.29, 0.717) is 26.2 Å². The number of unbranched alkanes of at least 4 members (excludes halogenated alkanes) is 30. The summed E-state index contributed by atoms with van der Waals surface area (Å²) in [5.41, 5.74) is 0. The third kappa shape index (κ3) is 58.4. The summed E-state index contributed by atoms with van der Waals surface area (Å²) < 4.78 is 0. The summed E-state index contributed by atoms with van der Waals surface area (Å²) in [6.07, 6.45) is 44.6. The molecule has 0 fully saturated rings. The topological polar surface area (TPSA) is 148 Å². The average Bonchev–Trinajstić information content (AvgIpc) is 3.15. The van der Waals surface area contributed by atoms with Gasteiger partial charge in [-0.25, -0.2) is 0 Å². The Labute approximate surface area is 336 Å². The second-order valence-corrected chi connectivity index (χ2v) is 15.5. The molecule has 9 nitrogen and oxygen atoms in total. The Bertz CT molecular complexity index is 563. The zero-order valence-corrected chi connectivity index (χ0v) is 36.3. The summed E-state index contributed by atoms with van der Waals surface area (Å²) >= 11 is 0. The number of hydrogen-bond donors (Lipinski definition) is 7. The van der Waals surface area contributed by atoms with Crippen LogP contribution in [0.4, 0.5) is 0 Å². The molecule has 328 valence electrons. The zero-order chi connectivity index (χ0) is 40.4. The predicted molar refractivity (Wildman–Crippen MR) is 233 cm³/mol. The van der Waals surface area contributed by atoms with Crippen molar-refractivity contribution in [1.29, 1.82) is 0 Å². The van der Waals surface area contributed by atoms with Crippen LogP contribution in [0.2, 0.25) is 0 Å². The molecule has 0 heterocycles. The highest BCUT2D eigenvalue weighted by atomic mass is 16.5. The molecule has 0 aromatic rings. The van der Waals surface area contributed by atoms with E-state index in [2.05, 4.69) is 23.6 Å². The van der Waals surface area contributed by atoms with Gasteiger partial charge in [0.2, 0.25) is 0 Å². The Morgan fingerprint density at radius 3 is 0.556 bits per heavy atom. The minimum atomic E-state index is -2.17. The van der Waals surface area contributed by atoms with Crippen molar-refractivity contribution in [1.82, 2.24) is 9.80 Å². The number of aliphatic hydroxyl groups excluding tert-OH is 4. The summed E-state index contributed by atoms with van der Waals surface area (Å²) in [5.74, 6) is 0. The number of aliphatic hydroxyl groups is 4. The van der Waals surface area contributed by atoms with Crippen LogP contribution in [-0.2, 0) is 0 Å². The van der Waals surface area contributed by atoms with Crippen molar-refractivity contribution in [3.63, 3.8) is 0 Å². The smallest absolute Gasteiger partial charge is 0.402 e. The van der Waals surface area contributed by atoms with E-state index < -0.39 is 7.32 Å². The molecule has 0 rings (SSSR count). The van der Waals surface area contributed by atoms with E-state index in [-0.39, 0.29) is 26.4 Å². The maximum atomic E-state index is 8.97. The molecule has 7 N–H and O–H groups in total. The van der Waals surface area contributed by atoms with E-state index in [9.17, 15) is 0 Å². The van der Waals surface area contributed by atoms with Crippen LogP contribution in [0.5, 0.6) is 0 Å². The first-order valence-corrected chi connectivity index (χ1v) is 23.4. The molecular formula is C44H97BN2O7. The van der Waals surface area contributed by atoms with Crippen LogP contribution >= 0.6 is 0 Å². The molecule has 0 aliphatic carbocycles. The Balaban J connectivity index is -0.000000875. The Hall–Kier alpha value is -0.295. The van der Waals surface area contributed by atoms with Crippen molar-refractivity contribution in [2.45, 2.75) is 219 Å². The molecule has 0 atom stereocenters. The fraction of sp³-hybridized carbons (Fsp3) is 1.00. The highest BCUT2D eigenvalue weighted by Gasteiger charge is 2.04. The Kier molecular flexibility index (Phi) is 58.9. The van der Waals surface area contributed by atoms with Gasteiger partial charge in [-0.3, -0.25) is 9.80 Å². The van der Waals surface area contributed by atoms with E-state index in [1.165, 1.54) is 205 Å². The van der Waals surface area contributed by atoms with Crippen LogP contribution in [0, 0.1) is 0 Å². The average molecular weight is 777 g/mol. The molecule has 0 bridgehead atoms. The molecule has 0 unspecified atom stereocenters. The fourth-order valence-corrected chi connectivity index (χ4v) is 7.00. The monoisotopic (exact) mass is 777 g/mol. The standard InChI is InChI=1S/2C22H47NO2.BH3O3/c2*1-2-3-4-5-6-7-8-9-10-11-12-13-14-15-16-17-18-23(19-21-24)20-22-25;2-1(3)4/h2*24-25H,2-22H2,1H3;2-4H. The van der Waals surface area contributed by atoms with Crippen molar-refractivity contribution in [2.75, 3.05) is 65.7 Å². The lowest BCUT2D eigenvalue weighted by atomic mass is 10.0. The quantitative estimate of drug-likeness (QED) is 0.0238. The molecule has 0 radical (unpaired) electrons. The van der Waals surface area contributed by atoms with Gasteiger partial charge in [0.25, 0.3) is 0 Å². The minimum absolute atomic E-state index is 0.193. The molecule has 0 aromatic carbocycles. The second kappa shape index (κ2) is 54.8. The van der Waals surface area contributed by atoms with Gasteiger partial charge in [-0.2, -0.15) is 0 Å². The SMILES string of the molecule is CCCCCCCCCCCCCCCCCCN(CCO)CCO.CCCCCCCCCCCCCCCCCCN(CCO)CCO.OB(O)O. The molecule has 0 saturated carbocycles. The largest absolute Gasteiger partial charge is 0.631 e. The van der Waals surface area contributed by atoms with Gasteiger partial charge in [0.15, 0.2) is 0 Å². The molecule has 0 aromatic heterocycles. The highest BCUT2D eigenvalue weighted by molar-refractivity contribution is 6.30. The van der Waals surface area contributed by atoms with Gasteiger partial charge >= 0.3 is 7.32 Å². The molecule has 0 spiro atoms. The third-order valence-electron chi connectivity index (χ3n) is 10.3. The molecule has 54 heavy (non-hydrogen) atoms. The van der Waals surface area contributed by atoms with Gasteiger partial charge in [-0.15, -0.1) is 0 Å². The van der Waals surface area contributed by atoms with Crippen molar-refractivity contribution < 1.29 is 35.5 Å². The maximum absolute atomic E-state index is 8.97. The summed E-state index contributed by atoms with van der Waals surface area (Å²) in [5, 5.41) is 57.4. The van der Waals surface area contributed by atoms with Crippen LogP contribution < -0.4 is 0 Å². The summed E-state index contributed by atoms with van der Waals surface area (Å²) in [6, 6.07) is 0. The van der Waals surface area contributed by atoms with Gasteiger partial charge in [0.1, 0.15) is 0 Å². The molecule has 0 saturated heterocycles. The van der Waals surface area contributed by atoms with Gasteiger partial charge in [-0.1, -0.05) is 206 Å². The lowest BCUT2D eigenvalue weighted by Gasteiger charge is -2.19. The third-order valence-corrected chi connectivity index (χ3v) is 10.3. The molecular weight excluding hydrogens is 679 g/mol. The first-order chi connectivity index (χ1) is 26.4. The van der Waals surface area contributed by atoms with E-state index in [1.807, 2.05) is 0 Å². The first-order valence-electron chi connectivity index (χ1n) is 23.4. The van der Waals surface area contributed by atoms with Crippen molar-refractivity contribution in [2.24, 2.45) is 0 Å². The minimum Gasteiger partial charge on any atom is -0.402 e. The van der Waals surface area contributed by atoms with Crippen LogP contribution in [0.3, 0.4) is 0 Å². The van der Waals surface area contributed by atoms with E-state index >= 15 is 0 Å². The Morgan fingerprint density at radius 2 is 0.407 bits per heavy atom. The number of hydrogen-bond acceptors (Lipinski definition) is 9. The molecule has 0 aliphatic rings. The van der Waals surface area contributed by atoms with Crippen LogP contribution in [-0.4, -0.2) is 118 Å². The molecule has 0 amide bonds. The summed E-state index contributed by atoms with van der Waals surface area (Å²) in [4.78, 5) is 4.31. The second-order valence-electron chi connectivity index (χ2n) is 15.5. The predicted octanol–water partition coefficient (Wildman–Crippen LogP) is 9.02. The van der Waals surface area contributed by atoms with Crippen molar-refractivity contribution >= 4 is 7.32 Å². The number of nitrogens with zero attached hydrogens (tertiary/aromatic N) is 2. The normalized spacial score (nSPS) is 11.2. The summed E-state index contributed by atoms with van der Waals surface area (Å²) in [6.45, 7) is 10.1. The van der Waals surface area contributed by atoms with E-state index in [0.717, 1.165) is 13.1 Å². The zero-order valence-electron chi connectivity index (χ0n) is 36.3. The van der Waals surface area contributed by atoms with E-state index in [1.54, 1.807) is 0 Å². The van der Waals surface area contributed by atoms with E-state index in [4.69, 9.17) is 35.5 Å². The van der Waals surface area contributed by atoms with Crippen LogP contribution in [0.1, 0.15) is 219 Å². The highest BCUT2D eigenvalue weighted by Crippen LogP contribution is 2.15. The van der Waals surface area contributed by atoms with Gasteiger partial charge in [0, 0.05) is 26.2 Å². The van der Waals surface area contributed by atoms with Crippen molar-refractivity contribution in [3.05, 3.63) is 0 Å². The lowest BCUT2D eigenvalue weighted by Crippen LogP contribution is -2.30. The fourth-order valence-electron chi connectivity index (χ4n) is 7.00. The lowest BCUT2D eigenvalue weighted by molar-refractivity contribution is 0.158. The number of rotatable bonds is 42. The van der Waals surface area contributed by atoms with Crippen molar-refractivity contribution in [3.8, 4) is 0 Å². The molecule has 0 aliphatic heterocycles. The molecule has 10 heteroatoms. The van der Waals surface area contributed by atoms with Crippen LogP contribution in [0.25, 0.3) is 0 Å². The first kappa shape index (κ1) is 58.0.